The standard InChI is InChI=1S/C26H24N4O7/c1-14-12-15(26(36)37)2-4-17(14)23(33)29-10-8-28(9-11-29)16-3-5-18-19(13-16)25(35)30(24(18)34)20-6-7-21(31)27-22(20)32/h2-5,12-13,20H,6-11H2,1H3,(H,36,37)(H,27,31,32). The fourth-order valence-electron chi connectivity index (χ4n) is 5.03. The van der Waals surface area contributed by atoms with Crippen LogP contribution in [-0.4, -0.2) is 82.6 Å². The second kappa shape index (κ2) is 9.16. The number of fused-ring (bicyclic) bond motifs is 1. The molecular weight excluding hydrogens is 480 g/mol. The number of nitrogens with zero attached hydrogens (tertiary/aromatic N) is 3. The Kier molecular flexibility index (Phi) is 5.98. The van der Waals surface area contributed by atoms with Crippen LogP contribution in [0.15, 0.2) is 36.4 Å². The van der Waals surface area contributed by atoms with Crippen LogP contribution in [0.3, 0.4) is 0 Å². The number of nitrogens with one attached hydrogen (secondary N) is 1. The van der Waals surface area contributed by atoms with Gasteiger partial charge in [-0.25, -0.2) is 4.79 Å². The Labute approximate surface area is 211 Å². The molecule has 1 atom stereocenters. The van der Waals surface area contributed by atoms with E-state index in [9.17, 15) is 28.8 Å². The zero-order valence-corrected chi connectivity index (χ0v) is 20.0. The molecule has 2 aromatic rings. The van der Waals surface area contributed by atoms with E-state index in [1.165, 1.54) is 18.2 Å². The smallest absolute Gasteiger partial charge is 0.335 e. The number of aryl methyl sites for hydroxylation is 1. The minimum Gasteiger partial charge on any atom is -0.478 e. The molecule has 0 radical (unpaired) electrons. The molecule has 190 valence electrons. The molecule has 0 bridgehead atoms. The van der Waals surface area contributed by atoms with E-state index in [-0.39, 0.29) is 35.4 Å². The minimum absolute atomic E-state index is 0.0568. The van der Waals surface area contributed by atoms with Crippen LogP contribution < -0.4 is 10.2 Å². The molecule has 0 spiro atoms. The average Bonchev–Trinajstić information content (AvgIpc) is 3.13. The third-order valence-corrected chi connectivity index (χ3v) is 7.06. The number of carboxylic acids is 1. The topological polar surface area (TPSA) is 144 Å². The Hall–Kier alpha value is -4.54. The number of hydrogen-bond acceptors (Lipinski definition) is 7. The van der Waals surface area contributed by atoms with Crippen LogP contribution in [0.25, 0.3) is 0 Å². The first kappa shape index (κ1) is 24.2. The van der Waals surface area contributed by atoms with Crippen LogP contribution in [0, 0.1) is 6.92 Å². The number of amides is 5. The van der Waals surface area contributed by atoms with E-state index in [2.05, 4.69) is 5.32 Å². The second-order valence-electron chi connectivity index (χ2n) is 9.29. The summed E-state index contributed by atoms with van der Waals surface area (Å²) in [5.74, 6) is -3.43. The van der Waals surface area contributed by atoms with Gasteiger partial charge in [0, 0.05) is 43.9 Å². The van der Waals surface area contributed by atoms with Gasteiger partial charge in [-0.3, -0.25) is 34.2 Å². The van der Waals surface area contributed by atoms with Gasteiger partial charge in [0.2, 0.25) is 11.8 Å². The maximum atomic E-state index is 13.1. The van der Waals surface area contributed by atoms with Gasteiger partial charge >= 0.3 is 5.97 Å². The molecule has 2 fully saturated rings. The molecule has 11 nitrogen and oxygen atoms in total. The van der Waals surface area contributed by atoms with Crippen LogP contribution in [0.4, 0.5) is 5.69 Å². The van der Waals surface area contributed by atoms with Crippen molar-refractivity contribution in [2.24, 2.45) is 0 Å². The molecule has 0 saturated carbocycles. The van der Waals surface area contributed by atoms with Gasteiger partial charge in [-0.2, -0.15) is 0 Å². The van der Waals surface area contributed by atoms with Crippen molar-refractivity contribution in [3.8, 4) is 0 Å². The van der Waals surface area contributed by atoms with Crippen molar-refractivity contribution in [3.05, 3.63) is 64.2 Å². The molecule has 3 aliphatic heterocycles. The Bertz CT molecular complexity index is 1380. The molecule has 5 rings (SSSR count). The third kappa shape index (κ3) is 4.22. The molecule has 37 heavy (non-hydrogen) atoms. The minimum atomic E-state index is -1.05. The second-order valence-corrected chi connectivity index (χ2v) is 9.29. The SMILES string of the molecule is Cc1cc(C(=O)O)ccc1C(=O)N1CCN(c2ccc3c(c2)C(=O)N(C2CCC(=O)NC2=O)C3=O)CC1. The first-order chi connectivity index (χ1) is 17.7. The van der Waals surface area contributed by atoms with Gasteiger partial charge in [0.25, 0.3) is 17.7 Å². The van der Waals surface area contributed by atoms with E-state index in [1.807, 2.05) is 4.90 Å². The molecular formula is C26H24N4O7. The zero-order chi connectivity index (χ0) is 26.4. The van der Waals surface area contributed by atoms with Gasteiger partial charge in [0.15, 0.2) is 0 Å². The van der Waals surface area contributed by atoms with Crippen LogP contribution in [0.2, 0.25) is 0 Å². The molecule has 3 heterocycles. The van der Waals surface area contributed by atoms with Crippen LogP contribution in [-0.2, 0) is 9.59 Å². The molecule has 11 heteroatoms. The first-order valence-electron chi connectivity index (χ1n) is 11.9. The van der Waals surface area contributed by atoms with E-state index in [4.69, 9.17) is 5.11 Å². The van der Waals surface area contributed by atoms with Crippen molar-refractivity contribution in [3.63, 3.8) is 0 Å². The van der Waals surface area contributed by atoms with Crippen molar-refractivity contribution < 1.29 is 33.9 Å². The number of piperidine rings is 1. The summed E-state index contributed by atoms with van der Waals surface area (Å²) in [4.78, 5) is 78.6. The summed E-state index contributed by atoms with van der Waals surface area (Å²) in [6, 6.07) is 8.35. The van der Waals surface area contributed by atoms with Gasteiger partial charge in [-0.1, -0.05) is 0 Å². The van der Waals surface area contributed by atoms with E-state index in [0.717, 1.165) is 10.6 Å². The molecule has 0 aliphatic carbocycles. The first-order valence-corrected chi connectivity index (χ1v) is 11.9. The Morgan fingerprint density at radius 2 is 1.62 bits per heavy atom. The van der Waals surface area contributed by atoms with Crippen LogP contribution >= 0.6 is 0 Å². The number of hydrogen-bond donors (Lipinski definition) is 2. The summed E-state index contributed by atoms with van der Waals surface area (Å²) in [6.07, 6.45) is 0.152. The van der Waals surface area contributed by atoms with Gasteiger partial charge in [-0.15, -0.1) is 0 Å². The number of carbonyl (C=O) groups is 6. The molecule has 3 aliphatic rings. The number of carbonyl (C=O) groups excluding carboxylic acids is 5. The van der Waals surface area contributed by atoms with E-state index in [1.54, 1.807) is 30.0 Å². The number of carboxylic acid groups (broad SMARTS) is 1. The number of aromatic carboxylic acids is 1. The number of rotatable bonds is 4. The number of anilines is 1. The van der Waals surface area contributed by atoms with Gasteiger partial charge in [-0.05, 0) is 55.3 Å². The summed E-state index contributed by atoms with van der Waals surface area (Å²) < 4.78 is 0. The number of benzene rings is 2. The Morgan fingerprint density at radius 3 is 2.27 bits per heavy atom. The summed E-state index contributed by atoms with van der Waals surface area (Å²) in [7, 11) is 0. The number of piperazine rings is 1. The van der Waals surface area contributed by atoms with Crippen LogP contribution in [0.1, 0.15) is 59.8 Å². The summed E-state index contributed by atoms with van der Waals surface area (Å²) in [5.41, 5.74) is 2.31. The van der Waals surface area contributed by atoms with Gasteiger partial charge in [0.05, 0.1) is 16.7 Å². The Balaban J connectivity index is 1.28. The maximum Gasteiger partial charge on any atom is 0.335 e. The van der Waals surface area contributed by atoms with E-state index in [0.29, 0.717) is 37.3 Å². The normalized spacial score (nSPS) is 19.7. The van der Waals surface area contributed by atoms with Gasteiger partial charge in [0.1, 0.15) is 6.04 Å². The fraction of sp³-hybridized carbons (Fsp3) is 0.308. The lowest BCUT2D eigenvalue weighted by atomic mass is 10.0. The largest absolute Gasteiger partial charge is 0.478 e. The average molecular weight is 504 g/mol. The van der Waals surface area contributed by atoms with Crippen molar-refractivity contribution in [2.75, 3.05) is 31.1 Å². The molecule has 0 aromatic heterocycles. The monoisotopic (exact) mass is 504 g/mol. The molecule has 5 amide bonds. The number of imide groups is 2. The Morgan fingerprint density at radius 1 is 0.919 bits per heavy atom. The fourth-order valence-corrected chi connectivity index (χ4v) is 5.03. The molecule has 2 saturated heterocycles. The highest BCUT2D eigenvalue weighted by atomic mass is 16.4. The lowest BCUT2D eigenvalue weighted by Crippen LogP contribution is -2.54. The van der Waals surface area contributed by atoms with Crippen molar-refractivity contribution in [1.82, 2.24) is 15.1 Å². The molecule has 1 unspecified atom stereocenters. The highest BCUT2D eigenvalue weighted by Crippen LogP contribution is 2.31. The quantitative estimate of drug-likeness (QED) is 0.588. The van der Waals surface area contributed by atoms with Crippen molar-refractivity contribution >= 4 is 41.2 Å². The summed E-state index contributed by atoms with van der Waals surface area (Å²) in [6.45, 7) is 3.54. The van der Waals surface area contributed by atoms with Crippen molar-refractivity contribution in [1.29, 1.82) is 0 Å². The maximum absolute atomic E-state index is 13.1. The van der Waals surface area contributed by atoms with Crippen LogP contribution in [0.5, 0.6) is 0 Å². The summed E-state index contributed by atoms with van der Waals surface area (Å²) in [5, 5.41) is 11.3. The highest BCUT2D eigenvalue weighted by molar-refractivity contribution is 6.23. The predicted octanol–water partition coefficient (Wildman–Crippen LogP) is 1.06. The zero-order valence-electron chi connectivity index (χ0n) is 20.0. The lowest BCUT2D eigenvalue weighted by Gasteiger charge is -2.36. The van der Waals surface area contributed by atoms with Crippen molar-refractivity contribution in [2.45, 2.75) is 25.8 Å². The molecule has 2 aromatic carbocycles. The van der Waals surface area contributed by atoms with E-state index >= 15 is 0 Å². The van der Waals surface area contributed by atoms with E-state index < -0.39 is 35.6 Å². The molecule has 2 N–H and O–H groups in total. The summed E-state index contributed by atoms with van der Waals surface area (Å²) >= 11 is 0. The predicted molar refractivity (Wildman–Crippen MR) is 129 cm³/mol. The van der Waals surface area contributed by atoms with Gasteiger partial charge < -0.3 is 14.9 Å². The third-order valence-electron chi connectivity index (χ3n) is 7.06. The highest BCUT2D eigenvalue weighted by Gasteiger charge is 2.44. The lowest BCUT2D eigenvalue weighted by molar-refractivity contribution is -0.136.